The molecule has 1 rings (SSSR count). The fraction of sp³-hybridized carbons (Fsp3) is 0.435. The van der Waals surface area contributed by atoms with Crippen molar-refractivity contribution in [3.8, 4) is 6.19 Å². The number of nitriles is 1. The molecule has 0 radical (unpaired) electrons. The molecule has 0 amide bonds. The molecular weight excluding hydrogens is 386 g/mol. The number of rotatable bonds is 7. The summed E-state index contributed by atoms with van der Waals surface area (Å²) in [5.41, 5.74) is 3.93. The Kier molecular flexibility index (Phi) is 13.4. The Morgan fingerprint density at radius 3 is 2.50 bits per heavy atom. The van der Waals surface area contributed by atoms with Crippen molar-refractivity contribution >= 4 is 12.0 Å². The molecule has 0 saturated carbocycles. The minimum Gasteiger partial charge on any atom is -0.390 e. The van der Waals surface area contributed by atoms with Crippen molar-refractivity contribution in [2.75, 3.05) is 20.1 Å². The molecule has 7 heteroatoms. The maximum atomic E-state index is 12.7. The average Bonchev–Trinajstić information content (AvgIpc) is 2.72. The van der Waals surface area contributed by atoms with Crippen LogP contribution < -0.4 is 5.32 Å². The van der Waals surface area contributed by atoms with Gasteiger partial charge < -0.3 is 10.2 Å². The molecular formula is C23H32F2N4O. The highest BCUT2D eigenvalue weighted by molar-refractivity contribution is 6.09. The van der Waals surface area contributed by atoms with Crippen molar-refractivity contribution in [3.05, 3.63) is 58.5 Å². The molecule has 5 nitrogen and oxygen atoms in total. The van der Waals surface area contributed by atoms with Gasteiger partial charge in [0.2, 0.25) is 0 Å². The molecule has 1 N–H and O–H groups in total. The van der Waals surface area contributed by atoms with E-state index in [4.69, 9.17) is 5.26 Å². The van der Waals surface area contributed by atoms with Crippen molar-refractivity contribution < 1.29 is 13.6 Å². The SMILES string of the molecule is C/C=C/C(=N/C=C(\C)NC)C1=C(C)CCN(C#N)C1.CC/C=C(F)\C(C=O)=C(/C)F. The summed E-state index contributed by atoms with van der Waals surface area (Å²) in [5, 5.41) is 12.1. The summed E-state index contributed by atoms with van der Waals surface area (Å²) in [6.45, 7) is 10.3. The van der Waals surface area contributed by atoms with Crippen LogP contribution in [0.4, 0.5) is 8.78 Å². The summed E-state index contributed by atoms with van der Waals surface area (Å²) in [6, 6.07) is 0. The van der Waals surface area contributed by atoms with Gasteiger partial charge in [0.1, 0.15) is 11.7 Å². The molecule has 0 aromatic heterocycles. The first-order chi connectivity index (χ1) is 14.2. The predicted octanol–water partition coefficient (Wildman–Crippen LogP) is 5.28. The van der Waals surface area contributed by atoms with E-state index in [2.05, 4.69) is 23.4 Å². The van der Waals surface area contributed by atoms with Gasteiger partial charge in [-0.15, -0.1) is 0 Å². The Balaban J connectivity index is 0.000000654. The lowest BCUT2D eigenvalue weighted by atomic mass is 9.97. The summed E-state index contributed by atoms with van der Waals surface area (Å²) >= 11 is 0. The van der Waals surface area contributed by atoms with Crippen LogP contribution >= 0.6 is 0 Å². The highest BCUT2D eigenvalue weighted by atomic mass is 19.1. The highest BCUT2D eigenvalue weighted by Gasteiger charge is 2.17. The second kappa shape index (κ2) is 14.9. The van der Waals surface area contributed by atoms with Crippen LogP contribution in [0.25, 0.3) is 0 Å². The summed E-state index contributed by atoms with van der Waals surface area (Å²) in [6.07, 6.45) is 10.7. The van der Waals surface area contributed by atoms with E-state index in [1.807, 2.05) is 39.2 Å². The zero-order valence-electron chi connectivity index (χ0n) is 18.7. The van der Waals surface area contributed by atoms with Crippen LogP contribution in [0.5, 0.6) is 0 Å². The molecule has 0 saturated heterocycles. The Hall–Kier alpha value is -3.01. The molecule has 0 spiro atoms. The van der Waals surface area contributed by atoms with Crippen LogP contribution in [0.1, 0.15) is 47.5 Å². The number of nitrogens with one attached hydrogen (secondary N) is 1. The van der Waals surface area contributed by atoms with Gasteiger partial charge in [-0.2, -0.15) is 5.26 Å². The van der Waals surface area contributed by atoms with Crippen LogP contribution in [-0.2, 0) is 4.79 Å². The topological polar surface area (TPSA) is 68.5 Å². The van der Waals surface area contributed by atoms with E-state index in [1.54, 1.807) is 11.8 Å². The number of halogens is 2. The maximum absolute atomic E-state index is 12.7. The molecule has 0 atom stereocenters. The van der Waals surface area contributed by atoms with Gasteiger partial charge in [-0.3, -0.25) is 9.79 Å². The molecule has 0 bridgehead atoms. The van der Waals surface area contributed by atoms with Gasteiger partial charge in [-0.05, 0) is 58.3 Å². The van der Waals surface area contributed by atoms with Crippen LogP contribution in [0.15, 0.2) is 63.5 Å². The van der Waals surface area contributed by atoms with E-state index in [0.717, 1.165) is 42.9 Å². The largest absolute Gasteiger partial charge is 0.390 e. The third kappa shape index (κ3) is 9.46. The molecule has 0 aliphatic carbocycles. The number of carbonyl (C=O) groups is 1. The summed E-state index contributed by atoms with van der Waals surface area (Å²) in [4.78, 5) is 16.4. The number of hydrogen-bond donors (Lipinski definition) is 1. The first-order valence-corrected chi connectivity index (χ1v) is 9.81. The van der Waals surface area contributed by atoms with Crippen molar-refractivity contribution in [1.29, 1.82) is 5.26 Å². The van der Waals surface area contributed by atoms with Gasteiger partial charge in [0.05, 0.1) is 17.8 Å². The quantitative estimate of drug-likeness (QED) is 0.201. The Morgan fingerprint density at radius 2 is 2.03 bits per heavy atom. The normalized spacial score (nSPS) is 16.6. The van der Waals surface area contributed by atoms with E-state index < -0.39 is 17.2 Å². The zero-order chi connectivity index (χ0) is 23.1. The van der Waals surface area contributed by atoms with Crippen molar-refractivity contribution in [3.63, 3.8) is 0 Å². The lowest BCUT2D eigenvalue weighted by Crippen LogP contribution is -2.29. The standard InChI is InChI=1S/C15H22N4.C8H10F2O/c1-5-6-15(18-9-13(3)17-4)14-10-19(11-16)8-7-12(14)2;1-3-4-8(10)7(5-11)6(2)9/h5-6,9,17H,7-8,10H2,1-4H3;4-5H,3H2,1-2H3/b6-5+,13-9+,18-15-;7-6+,8-4+. The van der Waals surface area contributed by atoms with Gasteiger partial charge in [0, 0.05) is 25.5 Å². The lowest BCUT2D eigenvalue weighted by Gasteiger charge is -2.25. The molecule has 30 heavy (non-hydrogen) atoms. The first kappa shape index (κ1) is 27.0. The number of aliphatic imine (C=N–C) groups is 1. The van der Waals surface area contributed by atoms with Gasteiger partial charge in [0.15, 0.2) is 12.5 Å². The van der Waals surface area contributed by atoms with Crippen LogP contribution in [0.2, 0.25) is 0 Å². The van der Waals surface area contributed by atoms with E-state index >= 15 is 0 Å². The Morgan fingerprint density at radius 1 is 1.37 bits per heavy atom. The van der Waals surface area contributed by atoms with E-state index in [1.165, 1.54) is 5.57 Å². The lowest BCUT2D eigenvalue weighted by molar-refractivity contribution is -0.104. The van der Waals surface area contributed by atoms with Crippen molar-refractivity contribution in [2.45, 2.75) is 47.5 Å². The van der Waals surface area contributed by atoms with Gasteiger partial charge >= 0.3 is 0 Å². The fourth-order valence-electron chi connectivity index (χ4n) is 2.44. The van der Waals surface area contributed by atoms with Crippen molar-refractivity contribution in [2.24, 2.45) is 4.99 Å². The molecule has 0 unspecified atom stereocenters. The Bertz CT molecular complexity index is 808. The van der Waals surface area contributed by atoms with Crippen LogP contribution in [0.3, 0.4) is 0 Å². The van der Waals surface area contributed by atoms with Gasteiger partial charge in [-0.1, -0.05) is 18.6 Å². The minimum atomic E-state index is -0.790. The van der Waals surface area contributed by atoms with E-state index in [9.17, 15) is 13.6 Å². The smallest absolute Gasteiger partial charge is 0.179 e. The number of nitrogens with zero attached hydrogens (tertiary/aromatic N) is 3. The second-order valence-corrected chi connectivity index (χ2v) is 6.63. The average molecular weight is 419 g/mol. The highest BCUT2D eigenvalue weighted by Crippen LogP contribution is 2.19. The summed E-state index contributed by atoms with van der Waals surface area (Å²) in [7, 11) is 1.87. The number of allylic oxidation sites excluding steroid dienone is 7. The van der Waals surface area contributed by atoms with Gasteiger partial charge in [-0.25, -0.2) is 8.78 Å². The van der Waals surface area contributed by atoms with Crippen LogP contribution in [0, 0.1) is 11.5 Å². The summed E-state index contributed by atoms with van der Waals surface area (Å²) < 4.78 is 25.0. The molecule has 0 aromatic rings. The van der Waals surface area contributed by atoms with Crippen LogP contribution in [-0.4, -0.2) is 37.0 Å². The monoisotopic (exact) mass is 418 g/mol. The number of hydrogen-bond acceptors (Lipinski definition) is 5. The minimum absolute atomic E-state index is 0.177. The summed E-state index contributed by atoms with van der Waals surface area (Å²) in [5.74, 6) is -1.58. The molecule has 1 aliphatic rings. The van der Waals surface area contributed by atoms with E-state index in [-0.39, 0.29) is 6.29 Å². The number of carbonyl (C=O) groups excluding carboxylic acids is 1. The van der Waals surface area contributed by atoms with E-state index in [0.29, 0.717) is 13.0 Å². The molecule has 0 aromatic carbocycles. The Labute approximate surface area is 178 Å². The molecule has 1 heterocycles. The third-order valence-electron chi connectivity index (χ3n) is 4.32. The second-order valence-electron chi connectivity index (χ2n) is 6.63. The van der Waals surface area contributed by atoms with Crippen molar-refractivity contribution in [1.82, 2.24) is 10.2 Å². The molecule has 164 valence electrons. The number of aldehydes is 1. The maximum Gasteiger partial charge on any atom is 0.179 e. The first-order valence-electron chi connectivity index (χ1n) is 9.81. The molecule has 1 aliphatic heterocycles. The zero-order valence-corrected chi connectivity index (χ0v) is 18.7. The van der Waals surface area contributed by atoms with Gasteiger partial charge in [0.25, 0.3) is 0 Å². The fourth-order valence-corrected chi connectivity index (χ4v) is 2.44. The predicted molar refractivity (Wildman–Crippen MR) is 119 cm³/mol. The third-order valence-corrected chi connectivity index (χ3v) is 4.32. The molecule has 0 fully saturated rings.